The van der Waals surface area contributed by atoms with Crippen molar-refractivity contribution in [3.05, 3.63) is 29.8 Å². The van der Waals surface area contributed by atoms with Crippen LogP contribution in [0, 0.1) is 11.8 Å². The number of hydrogen-bond acceptors (Lipinski definition) is 4. The fourth-order valence-electron chi connectivity index (χ4n) is 2.65. The first-order valence-corrected chi connectivity index (χ1v) is 7.04. The minimum absolute atomic E-state index is 0. The van der Waals surface area contributed by atoms with E-state index in [0.29, 0.717) is 5.92 Å². The SMILES string of the molecule is COc1ccccc1C=NCC1CCC(C(=O)[O-])CC1.[Na+]. The first-order valence-electron chi connectivity index (χ1n) is 7.04. The van der Waals surface area contributed by atoms with Crippen molar-refractivity contribution in [1.29, 1.82) is 0 Å². The summed E-state index contributed by atoms with van der Waals surface area (Å²) in [7, 11) is 1.65. The molecule has 0 N–H and O–H groups in total. The number of carbonyl (C=O) groups is 1. The van der Waals surface area contributed by atoms with E-state index in [4.69, 9.17) is 4.74 Å². The van der Waals surface area contributed by atoms with Gasteiger partial charge in [0.1, 0.15) is 5.75 Å². The maximum Gasteiger partial charge on any atom is 1.00 e. The zero-order valence-corrected chi connectivity index (χ0v) is 14.7. The molecule has 1 aromatic carbocycles. The summed E-state index contributed by atoms with van der Waals surface area (Å²) < 4.78 is 5.26. The third-order valence-corrected chi connectivity index (χ3v) is 3.91. The molecule has 1 aliphatic carbocycles. The van der Waals surface area contributed by atoms with E-state index < -0.39 is 5.97 Å². The first kappa shape index (κ1) is 18.2. The van der Waals surface area contributed by atoms with Gasteiger partial charge in [-0.25, -0.2) is 0 Å². The molecule has 0 unspecified atom stereocenters. The van der Waals surface area contributed by atoms with Crippen LogP contribution < -0.4 is 39.4 Å². The van der Waals surface area contributed by atoms with Crippen LogP contribution in [0.15, 0.2) is 29.3 Å². The Labute approximate surface area is 147 Å². The first-order chi connectivity index (χ1) is 9.70. The van der Waals surface area contributed by atoms with E-state index in [9.17, 15) is 9.90 Å². The van der Waals surface area contributed by atoms with Gasteiger partial charge in [-0.3, -0.25) is 4.99 Å². The number of carbonyl (C=O) groups excluding carboxylic acids is 1. The van der Waals surface area contributed by atoms with Gasteiger partial charge in [-0.1, -0.05) is 12.1 Å². The minimum Gasteiger partial charge on any atom is -0.550 e. The molecule has 0 bridgehead atoms. The van der Waals surface area contributed by atoms with Crippen molar-refractivity contribution in [3.63, 3.8) is 0 Å². The van der Waals surface area contributed by atoms with Gasteiger partial charge in [0.2, 0.25) is 0 Å². The Bertz CT molecular complexity index is 482. The summed E-state index contributed by atoms with van der Waals surface area (Å²) in [5, 5.41) is 10.8. The Balaban J connectivity index is 0.00000220. The van der Waals surface area contributed by atoms with E-state index in [1.807, 2.05) is 30.5 Å². The second-order valence-corrected chi connectivity index (χ2v) is 5.27. The monoisotopic (exact) mass is 297 g/mol. The molecule has 4 nitrogen and oxygen atoms in total. The third-order valence-electron chi connectivity index (χ3n) is 3.91. The number of benzene rings is 1. The summed E-state index contributed by atoms with van der Waals surface area (Å²) in [6.45, 7) is 0.748. The van der Waals surface area contributed by atoms with Crippen molar-refractivity contribution in [3.8, 4) is 5.75 Å². The molecule has 0 aliphatic heterocycles. The average molecular weight is 297 g/mol. The molecular weight excluding hydrogens is 277 g/mol. The van der Waals surface area contributed by atoms with Crippen LogP contribution in [-0.4, -0.2) is 25.8 Å². The molecule has 1 saturated carbocycles. The number of hydrogen-bond donors (Lipinski definition) is 0. The molecule has 0 saturated heterocycles. The predicted octanol–water partition coefficient (Wildman–Crippen LogP) is -1.33. The topological polar surface area (TPSA) is 61.7 Å². The largest absolute Gasteiger partial charge is 1.00 e. The minimum atomic E-state index is -0.902. The summed E-state index contributed by atoms with van der Waals surface area (Å²) >= 11 is 0. The van der Waals surface area contributed by atoms with E-state index in [1.165, 1.54) is 0 Å². The second-order valence-electron chi connectivity index (χ2n) is 5.27. The van der Waals surface area contributed by atoms with Gasteiger partial charge >= 0.3 is 29.6 Å². The van der Waals surface area contributed by atoms with Crippen molar-refractivity contribution in [2.75, 3.05) is 13.7 Å². The second kappa shape index (κ2) is 9.23. The maximum absolute atomic E-state index is 10.8. The van der Waals surface area contributed by atoms with Crippen LogP contribution >= 0.6 is 0 Å². The van der Waals surface area contributed by atoms with Crippen molar-refractivity contribution in [1.82, 2.24) is 0 Å². The predicted molar refractivity (Wildman–Crippen MR) is 75.9 cm³/mol. The molecule has 0 atom stereocenters. The van der Waals surface area contributed by atoms with Gasteiger partial charge in [0, 0.05) is 24.3 Å². The zero-order valence-electron chi connectivity index (χ0n) is 12.7. The van der Waals surface area contributed by atoms with E-state index in [2.05, 4.69) is 4.99 Å². The average Bonchev–Trinajstić information content (AvgIpc) is 2.48. The van der Waals surface area contributed by atoms with Crippen molar-refractivity contribution in [2.45, 2.75) is 25.7 Å². The van der Waals surface area contributed by atoms with E-state index in [1.54, 1.807) is 7.11 Å². The van der Waals surface area contributed by atoms with Crippen molar-refractivity contribution < 1.29 is 44.2 Å². The number of para-hydroxylation sites is 1. The molecule has 2 rings (SSSR count). The Kier molecular flexibility index (Phi) is 8.01. The standard InChI is InChI=1S/C16H21NO3.Na/c1-20-15-5-3-2-4-14(15)11-17-10-12-6-8-13(9-7-12)16(18)19;/h2-5,11-13H,6-10H2,1H3,(H,18,19);/q;+1/p-1. The van der Waals surface area contributed by atoms with Crippen LogP contribution in [0.1, 0.15) is 31.2 Å². The van der Waals surface area contributed by atoms with Crippen LogP contribution in [0.5, 0.6) is 5.75 Å². The van der Waals surface area contributed by atoms with Gasteiger partial charge in [-0.15, -0.1) is 0 Å². The number of aliphatic carboxylic acids is 1. The van der Waals surface area contributed by atoms with Gasteiger partial charge in [0.25, 0.3) is 0 Å². The Morgan fingerprint density at radius 2 is 2.00 bits per heavy atom. The molecule has 5 heteroatoms. The fourth-order valence-corrected chi connectivity index (χ4v) is 2.65. The van der Waals surface area contributed by atoms with Crippen LogP contribution in [0.4, 0.5) is 0 Å². The van der Waals surface area contributed by atoms with Gasteiger partial charge in [-0.05, 0) is 49.7 Å². The molecule has 0 heterocycles. The summed E-state index contributed by atoms with van der Waals surface area (Å²) in [6.07, 6.45) is 5.11. The molecule has 0 amide bonds. The van der Waals surface area contributed by atoms with Gasteiger partial charge < -0.3 is 14.6 Å². The molecule has 1 aliphatic rings. The number of aliphatic imine (C=N–C) groups is 1. The number of carboxylic acid groups (broad SMARTS) is 1. The molecule has 21 heavy (non-hydrogen) atoms. The summed E-state index contributed by atoms with van der Waals surface area (Å²) in [5.74, 6) is 0.138. The molecule has 0 radical (unpaired) electrons. The van der Waals surface area contributed by atoms with Gasteiger partial charge in [0.15, 0.2) is 0 Å². The summed E-state index contributed by atoms with van der Waals surface area (Å²) in [4.78, 5) is 15.3. The number of ether oxygens (including phenoxy) is 1. The quantitative estimate of drug-likeness (QED) is 0.500. The Morgan fingerprint density at radius 3 is 2.62 bits per heavy atom. The molecular formula is C16H20NNaO3. The smallest absolute Gasteiger partial charge is 0.550 e. The molecule has 0 aromatic heterocycles. The van der Waals surface area contributed by atoms with Crippen molar-refractivity contribution >= 4 is 12.2 Å². The normalized spacial score (nSPS) is 21.8. The van der Waals surface area contributed by atoms with Crippen LogP contribution in [0.25, 0.3) is 0 Å². The maximum atomic E-state index is 10.8. The van der Waals surface area contributed by atoms with E-state index >= 15 is 0 Å². The van der Waals surface area contributed by atoms with Gasteiger partial charge in [0.05, 0.1) is 7.11 Å². The third kappa shape index (κ3) is 5.46. The molecule has 108 valence electrons. The summed E-state index contributed by atoms with van der Waals surface area (Å²) in [5.41, 5.74) is 0.971. The van der Waals surface area contributed by atoms with Crippen molar-refractivity contribution in [2.24, 2.45) is 16.8 Å². The molecule has 1 aromatic rings. The Hall–Kier alpha value is -0.840. The summed E-state index contributed by atoms with van der Waals surface area (Å²) in [6, 6.07) is 7.76. The van der Waals surface area contributed by atoms with Crippen LogP contribution in [0.3, 0.4) is 0 Å². The fraction of sp³-hybridized carbons (Fsp3) is 0.500. The van der Waals surface area contributed by atoms with Crippen LogP contribution in [0.2, 0.25) is 0 Å². The van der Waals surface area contributed by atoms with E-state index in [0.717, 1.165) is 43.5 Å². The number of methoxy groups -OCH3 is 1. The zero-order chi connectivity index (χ0) is 14.4. The molecule has 1 fully saturated rings. The van der Waals surface area contributed by atoms with Crippen LogP contribution in [-0.2, 0) is 4.79 Å². The Morgan fingerprint density at radius 1 is 1.33 bits per heavy atom. The number of nitrogens with zero attached hydrogens (tertiary/aromatic N) is 1. The van der Waals surface area contributed by atoms with E-state index in [-0.39, 0.29) is 35.5 Å². The van der Waals surface area contributed by atoms with Gasteiger partial charge in [-0.2, -0.15) is 0 Å². The molecule has 0 spiro atoms. The number of carboxylic acids is 1. The number of rotatable bonds is 5.